The summed E-state index contributed by atoms with van der Waals surface area (Å²) < 4.78 is 0. The zero-order valence-corrected chi connectivity index (χ0v) is 21.5. The van der Waals surface area contributed by atoms with Gasteiger partial charge in [-0.15, -0.1) is 0 Å². The Morgan fingerprint density at radius 1 is 0.727 bits per heavy atom. The first-order valence-electron chi connectivity index (χ1n) is 13.3. The Bertz CT molecular complexity index is 577. The number of nitrogens with two attached hydrogens (primary N) is 3. The molecule has 1 aromatic carbocycles. The van der Waals surface area contributed by atoms with E-state index in [2.05, 4.69) is 19.2 Å². The van der Waals surface area contributed by atoms with Crippen molar-refractivity contribution in [1.82, 2.24) is 5.32 Å². The number of anilines is 2. The molecule has 8 N–H and O–H groups in total. The van der Waals surface area contributed by atoms with Gasteiger partial charge >= 0.3 is 0 Å². The molecule has 0 bridgehead atoms. The number of carbonyl (C=O) groups is 1. The number of rotatable bonds is 18. The number of phenolic OH excluding ortho intramolecular Hbond substituents is 1. The van der Waals surface area contributed by atoms with Crippen LogP contribution in [0.4, 0.5) is 11.4 Å². The number of benzene rings is 1. The van der Waals surface area contributed by atoms with Gasteiger partial charge in [-0.1, -0.05) is 104 Å². The summed E-state index contributed by atoms with van der Waals surface area (Å²) in [6.07, 6.45) is 20.8. The van der Waals surface area contributed by atoms with Crippen LogP contribution in [0.3, 0.4) is 0 Å². The molecule has 0 aliphatic carbocycles. The molecule has 0 atom stereocenters. The molecule has 33 heavy (non-hydrogen) atoms. The molecule has 0 saturated heterocycles. The normalized spacial score (nSPS) is 10.5. The van der Waals surface area contributed by atoms with E-state index in [0.717, 1.165) is 19.4 Å². The van der Waals surface area contributed by atoms with Gasteiger partial charge in [0.2, 0.25) is 0 Å². The van der Waals surface area contributed by atoms with Crippen LogP contribution < -0.4 is 22.5 Å². The van der Waals surface area contributed by atoms with Crippen molar-refractivity contribution in [2.75, 3.05) is 24.6 Å². The van der Waals surface area contributed by atoms with Crippen LogP contribution in [0, 0.1) is 0 Å². The Kier molecular flexibility index (Phi) is 20.6. The standard InChI is InChI=1S/C17H29N3O2.C10H23N/c1-2-3-4-5-6-7-8-9-10-20-17(22)13-11-14(18)16(21)15(19)12-13;1-2-3-4-5-6-7-8-9-10-11/h11-12,21H,2-10,18-19H2,1H3,(H,20,22);2-11H2,1H3. The van der Waals surface area contributed by atoms with Crippen molar-refractivity contribution < 1.29 is 9.90 Å². The summed E-state index contributed by atoms with van der Waals surface area (Å²) in [5.74, 6) is -0.374. The van der Waals surface area contributed by atoms with Crippen molar-refractivity contribution in [3.8, 4) is 5.75 Å². The molecule has 192 valence electrons. The average Bonchev–Trinajstić information content (AvgIpc) is 2.81. The Labute approximate surface area is 203 Å². The molecule has 1 amide bonds. The summed E-state index contributed by atoms with van der Waals surface area (Å²) in [7, 11) is 0. The summed E-state index contributed by atoms with van der Waals surface area (Å²) in [6, 6.07) is 2.88. The van der Waals surface area contributed by atoms with E-state index in [4.69, 9.17) is 17.2 Å². The van der Waals surface area contributed by atoms with E-state index in [0.29, 0.717) is 12.1 Å². The number of hydrogen-bond acceptors (Lipinski definition) is 5. The molecule has 0 aromatic heterocycles. The molecule has 6 heteroatoms. The first-order valence-corrected chi connectivity index (χ1v) is 13.3. The van der Waals surface area contributed by atoms with Crippen LogP contribution in [0.2, 0.25) is 0 Å². The maximum Gasteiger partial charge on any atom is 0.251 e. The third kappa shape index (κ3) is 17.2. The number of unbranched alkanes of at least 4 members (excludes halogenated alkanes) is 14. The number of hydrogen-bond donors (Lipinski definition) is 5. The number of carbonyl (C=O) groups excluding carboxylic acids is 1. The van der Waals surface area contributed by atoms with Gasteiger partial charge in [0, 0.05) is 12.1 Å². The second-order valence-corrected chi connectivity index (χ2v) is 9.00. The zero-order chi connectivity index (χ0) is 24.7. The molecule has 0 heterocycles. The molecule has 0 spiro atoms. The highest BCUT2D eigenvalue weighted by atomic mass is 16.3. The lowest BCUT2D eigenvalue weighted by Crippen LogP contribution is -2.24. The zero-order valence-electron chi connectivity index (χ0n) is 21.5. The van der Waals surface area contributed by atoms with Crippen LogP contribution in [-0.4, -0.2) is 24.1 Å². The van der Waals surface area contributed by atoms with Gasteiger partial charge in [-0.25, -0.2) is 0 Å². The molecule has 0 aliphatic heterocycles. The summed E-state index contributed by atoms with van der Waals surface area (Å²) in [6.45, 7) is 6.00. The molecule has 0 unspecified atom stereocenters. The van der Waals surface area contributed by atoms with Gasteiger partial charge in [-0.3, -0.25) is 4.79 Å². The van der Waals surface area contributed by atoms with Crippen LogP contribution in [0.25, 0.3) is 0 Å². The van der Waals surface area contributed by atoms with E-state index in [-0.39, 0.29) is 23.0 Å². The summed E-state index contributed by atoms with van der Waals surface area (Å²) in [5, 5.41) is 12.3. The fourth-order valence-electron chi connectivity index (χ4n) is 3.65. The highest BCUT2D eigenvalue weighted by Crippen LogP contribution is 2.28. The average molecular weight is 465 g/mol. The van der Waals surface area contributed by atoms with Crippen LogP contribution in [0.15, 0.2) is 12.1 Å². The fraction of sp³-hybridized carbons (Fsp3) is 0.741. The van der Waals surface area contributed by atoms with E-state index >= 15 is 0 Å². The Morgan fingerprint density at radius 3 is 1.55 bits per heavy atom. The van der Waals surface area contributed by atoms with Gasteiger partial charge in [0.1, 0.15) is 0 Å². The summed E-state index contributed by atoms with van der Waals surface area (Å²) >= 11 is 0. The molecule has 6 nitrogen and oxygen atoms in total. The third-order valence-corrected chi connectivity index (χ3v) is 5.80. The number of nitrogens with one attached hydrogen (secondary N) is 1. The highest BCUT2D eigenvalue weighted by molar-refractivity contribution is 5.97. The van der Waals surface area contributed by atoms with Crippen molar-refractivity contribution in [2.45, 2.75) is 117 Å². The summed E-state index contributed by atoms with van der Waals surface area (Å²) in [5.41, 5.74) is 17.2. The summed E-state index contributed by atoms with van der Waals surface area (Å²) in [4.78, 5) is 12.0. The molecule has 0 fully saturated rings. The highest BCUT2D eigenvalue weighted by Gasteiger charge is 2.10. The van der Waals surface area contributed by atoms with Gasteiger partial charge in [-0.2, -0.15) is 0 Å². The van der Waals surface area contributed by atoms with Crippen molar-refractivity contribution in [2.24, 2.45) is 5.73 Å². The minimum atomic E-state index is -0.207. The van der Waals surface area contributed by atoms with Gasteiger partial charge in [0.15, 0.2) is 5.75 Å². The van der Waals surface area contributed by atoms with Gasteiger partial charge in [0.05, 0.1) is 11.4 Å². The van der Waals surface area contributed by atoms with Crippen molar-refractivity contribution in [3.63, 3.8) is 0 Å². The Hall–Kier alpha value is -1.95. The maximum absolute atomic E-state index is 12.0. The maximum atomic E-state index is 12.0. The predicted molar refractivity (Wildman–Crippen MR) is 144 cm³/mol. The number of amides is 1. The lowest BCUT2D eigenvalue weighted by Gasteiger charge is -2.08. The second kappa shape index (κ2) is 21.9. The first kappa shape index (κ1) is 31.0. The van der Waals surface area contributed by atoms with Crippen molar-refractivity contribution >= 4 is 17.3 Å². The molecule has 1 aromatic rings. The molecule has 0 radical (unpaired) electrons. The van der Waals surface area contributed by atoms with E-state index in [9.17, 15) is 9.90 Å². The Balaban J connectivity index is 0.000000785. The second-order valence-electron chi connectivity index (χ2n) is 9.00. The number of phenols is 1. The topological polar surface area (TPSA) is 127 Å². The molecular formula is C27H52N4O2. The van der Waals surface area contributed by atoms with E-state index in [1.165, 1.54) is 102 Å². The first-order chi connectivity index (χ1) is 16.0. The lowest BCUT2D eigenvalue weighted by atomic mass is 10.1. The van der Waals surface area contributed by atoms with E-state index in [1.807, 2.05) is 0 Å². The van der Waals surface area contributed by atoms with Crippen LogP contribution in [0.5, 0.6) is 5.75 Å². The van der Waals surface area contributed by atoms with Crippen LogP contribution in [-0.2, 0) is 0 Å². The molecule has 0 saturated carbocycles. The minimum Gasteiger partial charge on any atom is -0.504 e. The SMILES string of the molecule is CCCCCCCCCCN.CCCCCCCCCCNC(=O)c1cc(N)c(O)c(N)c1. The number of nitrogen functional groups attached to an aromatic ring is 2. The van der Waals surface area contributed by atoms with E-state index in [1.54, 1.807) is 0 Å². The fourth-order valence-corrected chi connectivity index (χ4v) is 3.65. The monoisotopic (exact) mass is 464 g/mol. The smallest absolute Gasteiger partial charge is 0.251 e. The third-order valence-electron chi connectivity index (χ3n) is 5.80. The molecule has 1 rings (SSSR count). The Morgan fingerprint density at radius 2 is 1.12 bits per heavy atom. The molecule has 0 aliphatic rings. The van der Waals surface area contributed by atoms with Crippen molar-refractivity contribution in [3.05, 3.63) is 17.7 Å². The van der Waals surface area contributed by atoms with Gasteiger partial charge in [-0.05, 0) is 31.5 Å². The van der Waals surface area contributed by atoms with Gasteiger partial charge < -0.3 is 27.6 Å². The number of aromatic hydroxyl groups is 1. The largest absolute Gasteiger partial charge is 0.504 e. The van der Waals surface area contributed by atoms with E-state index < -0.39 is 0 Å². The quantitative estimate of drug-likeness (QED) is 0.0960. The lowest BCUT2D eigenvalue weighted by molar-refractivity contribution is 0.0953. The van der Waals surface area contributed by atoms with Crippen molar-refractivity contribution in [1.29, 1.82) is 0 Å². The van der Waals surface area contributed by atoms with Crippen LogP contribution >= 0.6 is 0 Å². The minimum absolute atomic E-state index is 0.122. The van der Waals surface area contributed by atoms with Gasteiger partial charge in [0.25, 0.3) is 5.91 Å². The van der Waals surface area contributed by atoms with Crippen LogP contribution in [0.1, 0.15) is 127 Å². The predicted octanol–water partition coefficient (Wildman–Crippen LogP) is 6.51. The molecular weight excluding hydrogens is 412 g/mol.